The van der Waals surface area contributed by atoms with E-state index in [4.69, 9.17) is 4.74 Å². The lowest BCUT2D eigenvalue weighted by Crippen LogP contribution is -2.27. The molecule has 5 nitrogen and oxygen atoms in total. The fourth-order valence-electron chi connectivity index (χ4n) is 3.64. The molecule has 30 heavy (non-hydrogen) atoms. The summed E-state index contributed by atoms with van der Waals surface area (Å²) >= 11 is 1.53. The minimum atomic E-state index is -0.447. The highest BCUT2D eigenvalue weighted by atomic mass is 32.1. The van der Waals surface area contributed by atoms with E-state index in [1.165, 1.54) is 16.9 Å². The normalized spacial score (nSPS) is 16.1. The van der Waals surface area contributed by atoms with Crippen molar-refractivity contribution in [1.82, 2.24) is 4.98 Å². The van der Waals surface area contributed by atoms with Gasteiger partial charge in [0.05, 0.1) is 11.6 Å². The number of para-hydroxylation sites is 1. The Bertz CT molecular complexity index is 1060. The largest absolute Gasteiger partial charge is 0.459 e. The Morgan fingerprint density at radius 2 is 1.97 bits per heavy atom. The maximum Gasteiger partial charge on any atom is 0.311 e. The first kappa shape index (κ1) is 20.3. The summed E-state index contributed by atoms with van der Waals surface area (Å²) in [4.78, 5) is 31.4. The second-order valence-corrected chi connectivity index (χ2v) is 8.36. The van der Waals surface area contributed by atoms with Crippen LogP contribution in [0.2, 0.25) is 0 Å². The van der Waals surface area contributed by atoms with Gasteiger partial charge in [0.25, 0.3) is 0 Å². The first-order valence-electron chi connectivity index (χ1n) is 10.1. The Morgan fingerprint density at radius 1 is 1.20 bits per heavy atom. The average Bonchev–Trinajstić information content (AvgIpc) is 3.39. The van der Waals surface area contributed by atoms with Gasteiger partial charge in [-0.2, -0.15) is 0 Å². The summed E-state index contributed by atoms with van der Waals surface area (Å²) in [6.45, 7) is 4.59. The van der Waals surface area contributed by atoms with E-state index in [0.717, 1.165) is 33.9 Å². The number of aryl methyl sites for hydroxylation is 2. The standard InChI is InChI=1S/C24H24N2O3S/c1-3-17-6-4-5-7-21(17)26-13-19(12-22(26)27)24(28)29-14-20-15-30-23(25-20)18-10-8-16(2)9-11-18/h4-11,15,19H,3,12-14H2,1-2H3/t19-/m0/s1. The maximum atomic E-state index is 12.6. The fourth-order valence-corrected chi connectivity index (χ4v) is 4.45. The summed E-state index contributed by atoms with van der Waals surface area (Å²) in [5.74, 6) is -0.824. The Balaban J connectivity index is 1.37. The van der Waals surface area contributed by atoms with Crippen molar-refractivity contribution in [3.05, 3.63) is 70.7 Å². The number of nitrogens with zero attached hydrogens (tertiary/aromatic N) is 2. The molecule has 154 valence electrons. The third-order valence-corrected chi connectivity index (χ3v) is 6.27. The summed E-state index contributed by atoms with van der Waals surface area (Å²) < 4.78 is 5.50. The zero-order valence-corrected chi connectivity index (χ0v) is 17.9. The van der Waals surface area contributed by atoms with Gasteiger partial charge in [-0.1, -0.05) is 55.0 Å². The Hall–Kier alpha value is -2.99. The van der Waals surface area contributed by atoms with Crippen molar-refractivity contribution >= 4 is 28.9 Å². The zero-order valence-electron chi connectivity index (χ0n) is 17.1. The van der Waals surface area contributed by atoms with Crippen LogP contribution in [0.15, 0.2) is 53.9 Å². The molecule has 1 fully saturated rings. The van der Waals surface area contributed by atoms with E-state index in [-0.39, 0.29) is 24.9 Å². The molecule has 1 aromatic heterocycles. The Morgan fingerprint density at radius 3 is 2.73 bits per heavy atom. The van der Waals surface area contributed by atoms with Gasteiger partial charge in [0.2, 0.25) is 5.91 Å². The molecule has 0 spiro atoms. The van der Waals surface area contributed by atoms with Crippen molar-refractivity contribution in [3.63, 3.8) is 0 Å². The molecular weight excluding hydrogens is 396 g/mol. The van der Waals surface area contributed by atoms with Gasteiger partial charge in [0.1, 0.15) is 11.6 Å². The first-order chi connectivity index (χ1) is 14.5. The van der Waals surface area contributed by atoms with E-state index in [2.05, 4.69) is 24.0 Å². The van der Waals surface area contributed by atoms with Crippen LogP contribution in [0.3, 0.4) is 0 Å². The SMILES string of the molecule is CCc1ccccc1N1C[C@@H](C(=O)OCc2csc(-c3ccc(C)cc3)n2)CC1=O. The van der Waals surface area contributed by atoms with E-state index in [0.29, 0.717) is 6.54 Å². The minimum Gasteiger partial charge on any atom is -0.459 e. The smallest absolute Gasteiger partial charge is 0.311 e. The van der Waals surface area contributed by atoms with Crippen LogP contribution in [0.4, 0.5) is 5.69 Å². The summed E-state index contributed by atoms with van der Waals surface area (Å²) in [7, 11) is 0. The summed E-state index contributed by atoms with van der Waals surface area (Å²) in [5, 5.41) is 2.81. The van der Waals surface area contributed by atoms with Gasteiger partial charge in [-0.3, -0.25) is 9.59 Å². The van der Waals surface area contributed by atoms with Crippen LogP contribution in [0.5, 0.6) is 0 Å². The number of carbonyl (C=O) groups is 2. The first-order valence-corrected chi connectivity index (χ1v) is 11.0. The van der Waals surface area contributed by atoms with Crippen molar-refractivity contribution in [2.75, 3.05) is 11.4 Å². The number of esters is 1. The summed E-state index contributed by atoms with van der Waals surface area (Å²) in [5.41, 5.74) is 4.97. The lowest BCUT2D eigenvalue weighted by Gasteiger charge is -2.19. The third-order valence-electron chi connectivity index (χ3n) is 5.33. The highest BCUT2D eigenvalue weighted by molar-refractivity contribution is 7.13. The molecule has 2 heterocycles. The van der Waals surface area contributed by atoms with Crippen molar-refractivity contribution < 1.29 is 14.3 Å². The van der Waals surface area contributed by atoms with E-state index in [9.17, 15) is 9.59 Å². The lowest BCUT2D eigenvalue weighted by atomic mass is 10.1. The van der Waals surface area contributed by atoms with Crippen LogP contribution >= 0.6 is 11.3 Å². The highest BCUT2D eigenvalue weighted by Crippen LogP contribution is 2.29. The van der Waals surface area contributed by atoms with Crippen LogP contribution in [-0.2, 0) is 27.4 Å². The number of rotatable bonds is 6. The topological polar surface area (TPSA) is 59.5 Å². The van der Waals surface area contributed by atoms with E-state index in [1.807, 2.05) is 48.7 Å². The number of thiazole rings is 1. The molecule has 0 N–H and O–H groups in total. The molecule has 0 saturated carbocycles. The van der Waals surface area contributed by atoms with Gasteiger partial charge < -0.3 is 9.64 Å². The average molecular weight is 421 g/mol. The monoisotopic (exact) mass is 420 g/mol. The van der Waals surface area contributed by atoms with Crippen LogP contribution in [0.25, 0.3) is 10.6 Å². The van der Waals surface area contributed by atoms with Crippen LogP contribution < -0.4 is 4.90 Å². The van der Waals surface area contributed by atoms with Crippen LogP contribution in [-0.4, -0.2) is 23.4 Å². The predicted octanol–water partition coefficient (Wildman–Crippen LogP) is 4.78. The van der Waals surface area contributed by atoms with E-state index >= 15 is 0 Å². The minimum absolute atomic E-state index is 0.0341. The number of carbonyl (C=O) groups excluding carboxylic acids is 2. The van der Waals surface area contributed by atoms with Crippen LogP contribution in [0, 0.1) is 12.8 Å². The molecule has 1 aliphatic heterocycles. The number of hydrogen-bond donors (Lipinski definition) is 0. The van der Waals surface area contributed by atoms with Crippen molar-refractivity contribution in [2.45, 2.75) is 33.3 Å². The molecule has 3 aromatic rings. The van der Waals surface area contributed by atoms with Crippen LogP contribution in [0.1, 0.15) is 30.2 Å². The molecule has 1 amide bonds. The fraction of sp³-hybridized carbons (Fsp3) is 0.292. The van der Waals surface area contributed by atoms with Gasteiger partial charge in [-0.15, -0.1) is 11.3 Å². The van der Waals surface area contributed by atoms with Crippen molar-refractivity contribution in [1.29, 1.82) is 0 Å². The molecular formula is C24H24N2O3S. The summed E-state index contributed by atoms with van der Waals surface area (Å²) in [6, 6.07) is 16.0. The third kappa shape index (κ3) is 4.28. The number of hydrogen-bond acceptors (Lipinski definition) is 5. The van der Waals surface area contributed by atoms with Gasteiger partial charge in [0.15, 0.2) is 0 Å². The van der Waals surface area contributed by atoms with Crippen molar-refractivity contribution in [3.8, 4) is 10.6 Å². The maximum absolute atomic E-state index is 12.6. The molecule has 2 aromatic carbocycles. The number of benzene rings is 2. The Kier molecular flexibility index (Phi) is 5.95. The zero-order chi connectivity index (χ0) is 21.1. The van der Waals surface area contributed by atoms with E-state index < -0.39 is 5.92 Å². The molecule has 1 saturated heterocycles. The Labute approximate surface area is 180 Å². The van der Waals surface area contributed by atoms with Gasteiger partial charge >= 0.3 is 5.97 Å². The predicted molar refractivity (Wildman–Crippen MR) is 118 cm³/mol. The van der Waals surface area contributed by atoms with Gasteiger partial charge in [-0.25, -0.2) is 4.98 Å². The molecule has 0 aliphatic carbocycles. The quantitative estimate of drug-likeness (QED) is 0.539. The number of aromatic nitrogens is 1. The lowest BCUT2D eigenvalue weighted by molar-refractivity contribution is -0.149. The number of ether oxygens (including phenoxy) is 1. The highest BCUT2D eigenvalue weighted by Gasteiger charge is 2.36. The molecule has 1 aliphatic rings. The number of amides is 1. The second-order valence-electron chi connectivity index (χ2n) is 7.51. The van der Waals surface area contributed by atoms with Crippen molar-refractivity contribution in [2.24, 2.45) is 5.92 Å². The molecule has 0 bridgehead atoms. The second kappa shape index (κ2) is 8.79. The van der Waals surface area contributed by atoms with Gasteiger partial charge in [-0.05, 0) is 25.0 Å². The molecule has 1 atom stereocenters. The molecule has 0 radical (unpaired) electrons. The molecule has 0 unspecified atom stereocenters. The summed E-state index contributed by atoms with van der Waals surface area (Å²) in [6.07, 6.45) is 1.02. The molecule has 6 heteroatoms. The van der Waals surface area contributed by atoms with E-state index in [1.54, 1.807) is 4.90 Å². The molecule has 4 rings (SSSR count). The number of anilines is 1. The van der Waals surface area contributed by atoms with Gasteiger partial charge in [0, 0.05) is 29.6 Å².